The number of nitrogens with one attached hydrogen (secondary N) is 2. The Morgan fingerprint density at radius 2 is 2.13 bits per heavy atom. The number of guanidine groups is 1. The van der Waals surface area contributed by atoms with Gasteiger partial charge in [-0.3, -0.25) is 4.79 Å². The average molecular weight is 328 g/mol. The van der Waals surface area contributed by atoms with E-state index in [1.807, 2.05) is 0 Å². The molecule has 0 aromatic heterocycles. The number of aliphatic imine (C=N–C) groups is 1. The molecule has 3 N–H and O–H groups in total. The van der Waals surface area contributed by atoms with Crippen molar-refractivity contribution in [3.63, 3.8) is 0 Å². The van der Waals surface area contributed by atoms with Gasteiger partial charge in [0.1, 0.15) is 6.54 Å². The van der Waals surface area contributed by atoms with Gasteiger partial charge in [0, 0.05) is 45.8 Å². The monoisotopic (exact) mass is 328 g/mol. The molecule has 7 heteroatoms. The number of aliphatic hydroxyl groups is 1. The maximum absolute atomic E-state index is 11.7. The second kappa shape index (κ2) is 9.72. The number of hydrogen-bond acceptors (Lipinski definition) is 4. The highest BCUT2D eigenvalue weighted by molar-refractivity contribution is 5.84. The van der Waals surface area contributed by atoms with Crippen molar-refractivity contribution in [2.75, 3.05) is 53.6 Å². The standard InChI is InChI=1S/C16H32N4O3/c1-13(2)9-17-15(18-10-14(22)20(3)4)19-11-16(5-7-21)6-8-23-12-16/h13,21H,5-12H2,1-4H3,(H2,17,18,19). The van der Waals surface area contributed by atoms with Gasteiger partial charge in [0.05, 0.1) is 6.61 Å². The van der Waals surface area contributed by atoms with Crippen molar-refractivity contribution in [1.82, 2.24) is 15.5 Å². The summed E-state index contributed by atoms with van der Waals surface area (Å²) in [5, 5.41) is 15.9. The van der Waals surface area contributed by atoms with Gasteiger partial charge in [0.25, 0.3) is 0 Å². The van der Waals surface area contributed by atoms with Crippen LogP contribution >= 0.6 is 0 Å². The minimum Gasteiger partial charge on any atom is -0.396 e. The van der Waals surface area contributed by atoms with E-state index in [0.717, 1.165) is 19.6 Å². The summed E-state index contributed by atoms with van der Waals surface area (Å²) in [5.41, 5.74) is -0.0550. The molecule has 0 aromatic rings. The van der Waals surface area contributed by atoms with Crippen LogP contribution in [0, 0.1) is 11.3 Å². The number of carbonyl (C=O) groups is 1. The Hall–Kier alpha value is -1.34. The van der Waals surface area contributed by atoms with E-state index in [1.165, 1.54) is 4.90 Å². The van der Waals surface area contributed by atoms with E-state index in [0.29, 0.717) is 31.4 Å². The number of ether oxygens (including phenoxy) is 1. The SMILES string of the molecule is CC(C)CNC(=NCC(=O)N(C)C)NCC1(CCO)CCOC1. The lowest BCUT2D eigenvalue weighted by Gasteiger charge is -2.28. The minimum absolute atomic E-state index is 0.0371. The predicted octanol–water partition coefficient (Wildman–Crippen LogP) is 0.0549. The van der Waals surface area contributed by atoms with E-state index in [4.69, 9.17) is 4.74 Å². The molecule has 1 atom stereocenters. The lowest BCUT2D eigenvalue weighted by atomic mass is 9.84. The molecule has 23 heavy (non-hydrogen) atoms. The van der Waals surface area contributed by atoms with E-state index in [1.54, 1.807) is 14.1 Å². The van der Waals surface area contributed by atoms with Gasteiger partial charge in [0.15, 0.2) is 5.96 Å². The van der Waals surface area contributed by atoms with E-state index < -0.39 is 0 Å². The van der Waals surface area contributed by atoms with Crippen LogP contribution in [-0.4, -0.2) is 75.4 Å². The Morgan fingerprint density at radius 3 is 2.65 bits per heavy atom. The van der Waals surface area contributed by atoms with E-state index >= 15 is 0 Å². The molecule has 1 unspecified atom stereocenters. The summed E-state index contributed by atoms with van der Waals surface area (Å²) in [6.07, 6.45) is 1.63. The number of aliphatic hydroxyl groups excluding tert-OH is 1. The molecular weight excluding hydrogens is 296 g/mol. The third kappa shape index (κ3) is 7.18. The summed E-state index contributed by atoms with van der Waals surface area (Å²) >= 11 is 0. The van der Waals surface area contributed by atoms with E-state index in [2.05, 4.69) is 29.5 Å². The summed E-state index contributed by atoms with van der Waals surface area (Å²) in [4.78, 5) is 17.6. The van der Waals surface area contributed by atoms with Crippen molar-refractivity contribution in [1.29, 1.82) is 0 Å². The average Bonchev–Trinajstić information content (AvgIpc) is 2.95. The summed E-state index contributed by atoms with van der Waals surface area (Å²) < 4.78 is 5.50. The van der Waals surface area contributed by atoms with Crippen molar-refractivity contribution in [3.05, 3.63) is 0 Å². The fourth-order valence-corrected chi connectivity index (χ4v) is 2.35. The van der Waals surface area contributed by atoms with E-state index in [-0.39, 0.29) is 24.5 Å². The van der Waals surface area contributed by atoms with Crippen molar-refractivity contribution in [2.24, 2.45) is 16.3 Å². The zero-order chi connectivity index (χ0) is 17.3. The van der Waals surface area contributed by atoms with Crippen LogP contribution < -0.4 is 10.6 Å². The van der Waals surface area contributed by atoms with Crippen LogP contribution in [0.1, 0.15) is 26.7 Å². The summed E-state index contributed by atoms with van der Waals surface area (Å²) in [5.74, 6) is 1.08. The molecule has 0 radical (unpaired) electrons. The Bertz CT molecular complexity index is 391. The highest BCUT2D eigenvalue weighted by Gasteiger charge is 2.34. The largest absolute Gasteiger partial charge is 0.396 e. The highest BCUT2D eigenvalue weighted by atomic mass is 16.5. The molecule has 1 amide bonds. The Morgan fingerprint density at radius 1 is 1.39 bits per heavy atom. The minimum atomic E-state index is -0.0550. The van der Waals surface area contributed by atoms with Crippen LogP contribution in [0.2, 0.25) is 0 Å². The summed E-state index contributed by atoms with van der Waals surface area (Å²) in [7, 11) is 3.44. The maximum Gasteiger partial charge on any atom is 0.243 e. The van der Waals surface area contributed by atoms with Crippen molar-refractivity contribution < 1.29 is 14.6 Å². The summed E-state index contributed by atoms with van der Waals surface area (Å²) in [6, 6.07) is 0. The third-order valence-corrected chi connectivity index (χ3v) is 4.01. The van der Waals surface area contributed by atoms with Gasteiger partial charge in [0.2, 0.25) is 5.91 Å². The fraction of sp³-hybridized carbons (Fsp3) is 0.875. The highest BCUT2D eigenvalue weighted by Crippen LogP contribution is 2.31. The zero-order valence-corrected chi connectivity index (χ0v) is 14.9. The van der Waals surface area contributed by atoms with Gasteiger partial charge in [-0.1, -0.05) is 13.8 Å². The first kappa shape index (κ1) is 19.7. The molecule has 134 valence electrons. The van der Waals surface area contributed by atoms with Gasteiger partial charge in [-0.15, -0.1) is 0 Å². The number of carbonyl (C=O) groups excluding carboxylic acids is 1. The first-order valence-electron chi connectivity index (χ1n) is 8.29. The number of rotatable bonds is 8. The molecule has 1 heterocycles. The molecular formula is C16H32N4O3. The first-order chi connectivity index (χ1) is 10.9. The van der Waals surface area contributed by atoms with Crippen LogP contribution in [0.25, 0.3) is 0 Å². The fourth-order valence-electron chi connectivity index (χ4n) is 2.35. The molecule has 7 nitrogen and oxygen atoms in total. The number of nitrogens with zero attached hydrogens (tertiary/aromatic N) is 2. The van der Waals surface area contributed by atoms with Gasteiger partial charge in [-0.05, 0) is 18.8 Å². The van der Waals surface area contributed by atoms with Crippen LogP contribution in [0.5, 0.6) is 0 Å². The molecule has 1 saturated heterocycles. The van der Waals surface area contributed by atoms with Crippen molar-refractivity contribution >= 4 is 11.9 Å². The molecule has 0 aliphatic carbocycles. The van der Waals surface area contributed by atoms with Crippen LogP contribution in [0.4, 0.5) is 0 Å². The summed E-state index contributed by atoms with van der Waals surface area (Å²) in [6.45, 7) is 7.34. The quantitative estimate of drug-likeness (QED) is 0.433. The zero-order valence-electron chi connectivity index (χ0n) is 14.9. The molecule has 1 fully saturated rings. The van der Waals surface area contributed by atoms with Gasteiger partial charge >= 0.3 is 0 Å². The van der Waals surface area contributed by atoms with Gasteiger partial charge in [-0.25, -0.2) is 4.99 Å². The normalized spacial score (nSPS) is 21.6. The first-order valence-corrected chi connectivity index (χ1v) is 8.29. The second-order valence-corrected chi connectivity index (χ2v) is 6.86. The van der Waals surface area contributed by atoms with Crippen LogP contribution in [-0.2, 0) is 9.53 Å². The Balaban J connectivity index is 2.63. The van der Waals surface area contributed by atoms with E-state index in [9.17, 15) is 9.90 Å². The molecule has 1 aliphatic rings. The predicted molar refractivity (Wildman–Crippen MR) is 91.4 cm³/mol. The molecule has 0 saturated carbocycles. The molecule has 0 spiro atoms. The molecule has 0 aromatic carbocycles. The topological polar surface area (TPSA) is 86.2 Å². The van der Waals surface area contributed by atoms with Crippen LogP contribution in [0.3, 0.4) is 0 Å². The van der Waals surface area contributed by atoms with Crippen LogP contribution in [0.15, 0.2) is 4.99 Å². The number of likely N-dealkylation sites (N-methyl/N-ethyl adjacent to an activating group) is 1. The van der Waals surface area contributed by atoms with Crippen molar-refractivity contribution in [2.45, 2.75) is 26.7 Å². The smallest absolute Gasteiger partial charge is 0.243 e. The molecule has 1 aliphatic heterocycles. The maximum atomic E-state index is 11.7. The lowest BCUT2D eigenvalue weighted by Crippen LogP contribution is -2.45. The Labute approximate surface area is 139 Å². The third-order valence-electron chi connectivity index (χ3n) is 4.01. The van der Waals surface area contributed by atoms with Gasteiger partial charge in [-0.2, -0.15) is 0 Å². The Kier molecular flexibility index (Phi) is 8.33. The number of amides is 1. The van der Waals surface area contributed by atoms with Gasteiger partial charge < -0.3 is 25.4 Å². The second-order valence-electron chi connectivity index (χ2n) is 6.86. The molecule has 0 bridgehead atoms. The lowest BCUT2D eigenvalue weighted by molar-refractivity contribution is -0.127. The number of hydrogen-bond donors (Lipinski definition) is 3. The molecule has 1 rings (SSSR count). The van der Waals surface area contributed by atoms with Crippen molar-refractivity contribution in [3.8, 4) is 0 Å².